The van der Waals surface area contributed by atoms with E-state index in [0.29, 0.717) is 35.9 Å². The van der Waals surface area contributed by atoms with Crippen LogP contribution in [0.1, 0.15) is 44.7 Å². The number of likely N-dealkylation sites (tertiary alicyclic amines) is 1. The van der Waals surface area contributed by atoms with Gasteiger partial charge >= 0.3 is 12.0 Å². The summed E-state index contributed by atoms with van der Waals surface area (Å²) >= 11 is 0. The molecule has 4 rings (SSSR count). The summed E-state index contributed by atoms with van der Waals surface area (Å²) in [5.74, 6) is -1.19. The summed E-state index contributed by atoms with van der Waals surface area (Å²) in [5.41, 5.74) is 0.134. The summed E-state index contributed by atoms with van der Waals surface area (Å²) in [5, 5.41) is 12.4. The zero-order chi connectivity index (χ0) is 26.7. The van der Waals surface area contributed by atoms with Crippen LogP contribution in [0.25, 0.3) is 10.9 Å². The number of carbonyl (C=O) groups excluding carboxylic acids is 2. The van der Waals surface area contributed by atoms with E-state index < -0.39 is 29.5 Å². The largest absolute Gasteiger partial charge is 0.459 e. The molecule has 1 unspecified atom stereocenters. The highest BCUT2D eigenvalue weighted by Crippen LogP contribution is 2.38. The number of carbonyl (C=O) groups is 2. The molecule has 1 saturated heterocycles. The van der Waals surface area contributed by atoms with Crippen LogP contribution in [0.4, 0.5) is 9.18 Å². The van der Waals surface area contributed by atoms with Gasteiger partial charge in [-0.2, -0.15) is 0 Å². The molecule has 1 fully saturated rings. The standard InChI is InChI=1S/C29H34FN3O4/c1-19(2)26(27(34)37-18-20-10-6-5-7-11-20)32(4)28(35)33-15-9-13-25(33)29(3,36)23-16-21(30)17-24-22(23)12-8-14-31-24/h5-8,10-12,14,16-17,19,25-26,36H,9,13,15,18H2,1-4H3/t25-,26+,29?/m1/s1. The van der Waals surface area contributed by atoms with Crippen LogP contribution in [0.5, 0.6) is 0 Å². The number of hydrogen-bond acceptors (Lipinski definition) is 5. The maximum absolute atomic E-state index is 14.5. The van der Waals surface area contributed by atoms with Crippen molar-refractivity contribution in [3.63, 3.8) is 0 Å². The molecule has 2 aromatic carbocycles. The first-order valence-corrected chi connectivity index (χ1v) is 12.6. The van der Waals surface area contributed by atoms with Crippen molar-refractivity contribution >= 4 is 22.9 Å². The Balaban J connectivity index is 1.57. The molecule has 3 aromatic rings. The molecule has 1 aliphatic rings. The lowest BCUT2D eigenvalue weighted by atomic mass is 9.84. The molecular formula is C29H34FN3O4. The SMILES string of the molecule is CC(C)[C@@H](C(=O)OCc1ccccc1)N(C)C(=O)N1CCC[C@@H]1C(C)(O)c1cc(F)cc2ncccc12. The van der Waals surface area contributed by atoms with E-state index in [1.165, 1.54) is 17.0 Å². The topological polar surface area (TPSA) is 83.0 Å². The van der Waals surface area contributed by atoms with Crippen LogP contribution in [0.2, 0.25) is 0 Å². The lowest BCUT2D eigenvalue weighted by Gasteiger charge is -2.40. The van der Waals surface area contributed by atoms with Gasteiger partial charge in [0.1, 0.15) is 24.1 Å². The van der Waals surface area contributed by atoms with Crippen LogP contribution < -0.4 is 0 Å². The van der Waals surface area contributed by atoms with Gasteiger partial charge in [0.15, 0.2) is 0 Å². The first-order chi connectivity index (χ1) is 17.6. The summed E-state index contributed by atoms with van der Waals surface area (Å²) in [6.45, 7) is 5.87. The van der Waals surface area contributed by atoms with Crippen LogP contribution in [0.3, 0.4) is 0 Å². The third-order valence-electron chi connectivity index (χ3n) is 7.19. The molecule has 3 atom stereocenters. The van der Waals surface area contributed by atoms with Crippen molar-refractivity contribution in [3.8, 4) is 0 Å². The number of hydrogen-bond donors (Lipinski definition) is 1. The Kier molecular flexibility index (Phi) is 7.78. The minimum Gasteiger partial charge on any atom is -0.459 e. The average Bonchev–Trinajstić information content (AvgIpc) is 3.38. The number of aliphatic hydroxyl groups is 1. The number of esters is 1. The lowest BCUT2D eigenvalue weighted by Crippen LogP contribution is -2.56. The summed E-state index contributed by atoms with van der Waals surface area (Å²) in [6.07, 6.45) is 2.79. The van der Waals surface area contributed by atoms with Crippen molar-refractivity contribution in [2.45, 2.75) is 57.9 Å². The van der Waals surface area contributed by atoms with Crippen LogP contribution in [-0.4, -0.2) is 57.6 Å². The fourth-order valence-electron chi connectivity index (χ4n) is 5.34. The van der Waals surface area contributed by atoms with E-state index in [4.69, 9.17) is 4.74 Å². The van der Waals surface area contributed by atoms with Gasteiger partial charge in [-0.1, -0.05) is 50.2 Å². The quantitative estimate of drug-likeness (QED) is 0.462. The van der Waals surface area contributed by atoms with Gasteiger partial charge < -0.3 is 19.6 Å². The average molecular weight is 508 g/mol. The Morgan fingerprint density at radius 2 is 1.95 bits per heavy atom. The number of urea groups is 1. The highest BCUT2D eigenvalue weighted by Gasteiger charge is 2.46. The number of nitrogens with zero attached hydrogens (tertiary/aromatic N) is 3. The third kappa shape index (κ3) is 5.44. The molecule has 2 amide bonds. The second kappa shape index (κ2) is 10.8. The molecule has 0 aliphatic carbocycles. The number of halogens is 1. The predicted molar refractivity (Wildman–Crippen MR) is 139 cm³/mol. The predicted octanol–water partition coefficient (Wildman–Crippen LogP) is 4.87. The molecule has 37 heavy (non-hydrogen) atoms. The van der Waals surface area contributed by atoms with Gasteiger partial charge in [0.25, 0.3) is 0 Å². The smallest absolute Gasteiger partial charge is 0.329 e. The molecule has 7 nitrogen and oxygen atoms in total. The van der Waals surface area contributed by atoms with Crippen LogP contribution in [0, 0.1) is 11.7 Å². The van der Waals surface area contributed by atoms with Gasteiger partial charge in [0.2, 0.25) is 0 Å². The molecule has 0 bridgehead atoms. The normalized spacial score (nSPS) is 18.0. The zero-order valence-corrected chi connectivity index (χ0v) is 21.7. The van der Waals surface area contributed by atoms with E-state index in [9.17, 15) is 19.1 Å². The number of pyridine rings is 1. The number of amides is 2. The summed E-state index contributed by atoms with van der Waals surface area (Å²) in [4.78, 5) is 34.0. The van der Waals surface area contributed by atoms with E-state index in [1.54, 1.807) is 37.2 Å². The van der Waals surface area contributed by atoms with E-state index in [1.807, 2.05) is 44.2 Å². The molecule has 2 heterocycles. The summed E-state index contributed by atoms with van der Waals surface area (Å²) < 4.78 is 20.0. The molecule has 0 radical (unpaired) electrons. The lowest BCUT2D eigenvalue weighted by molar-refractivity contribution is -0.151. The van der Waals surface area contributed by atoms with E-state index >= 15 is 0 Å². The van der Waals surface area contributed by atoms with E-state index in [0.717, 1.165) is 5.56 Å². The molecule has 0 saturated carbocycles. The van der Waals surface area contributed by atoms with Crippen LogP contribution in [0.15, 0.2) is 60.8 Å². The molecule has 0 spiro atoms. The number of ether oxygens (including phenoxy) is 1. The van der Waals surface area contributed by atoms with Gasteiger partial charge in [0, 0.05) is 31.2 Å². The van der Waals surface area contributed by atoms with Gasteiger partial charge in [-0.3, -0.25) is 4.98 Å². The van der Waals surface area contributed by atoms with Crippen LogP contribution in [-0.2, 0) is 21.7 Å². The summed E-state index contributed by atoms with van der Waals surface area (Å²) in [7, 11) is 1.59. The van der Waals surface area contributed by atoms with Gasteiger partial charge in [0.05, 0.1) is 11.6 Å². The molecule has 196 valence electrons. The van der Waals surface area contributed by atoms with Gasteiger partial charge in [-0.05, 0) is 48.9 Å². The van der Waals surface area contributed by atoms with Crippen molar-refractivity contribution in [1.82, 2.24) is 14.8 Å². The monoisotopic (exact) mass is 507 g/mol. The Bertz CT molecular complexity index is 1260. The second-order valence-electron chi connectivity index (χ2n) is 10.2. The molecule has 1 aliphatic heterocycles. The van der Waals surface area contributed by atoms with Crippen molar-refractivity contribution in [1.29, 1.82) is 0 Å². The minimum atomic E-state index is -1.54. The second-order valence-corrected chi connectivity index (χ2v) is 10.2. The minimum absolute atomic E-state index is 0.118. The van der Waals surface area contributed by atoms with E-state index in [-0.39, 0.29) is 18.6 Å². The van der Waals surface area contributed by atoms with Crippen LogP contribution >= 0.6 is 0 Å². The maximum atomic E-state index is 14.5. The number of aromatic nitrogens is 1. The Morgan fingerprint density at radius 3 is 2.65 bits per heavy atom. The van der Waals surface area contributed by atoms with Crippen molar-refractivity contribution in [2.24, 2.45) is 5.92 Å². The van der Waals surface area contributed by atoms with Gasteiger partial charge in [-0.15, -0.1) is 0 Å². The first-order valence-electron chi connectivity index (χ1n) is 12.6. The number of fused-ring (bicyclic) bond motifs is 1. The Hall–Kier alpha value is -3.52. The van der Waals surface area contributed by atoms with Crippen molar-refractivity contribution in [2.75, 3.05) is 13.6 Å². The molecule has 1 aromatic heterocycles. The molecular weight excluding hydrogens is 473 g/mol. The Labute approximate surface area is 216 Å². The number of likely N-dealkylation sites (N-methyl/N-ethyl adjacent to an activating group) is 1. The fourth-order valence-corrected chi connectivity index (χ4v) is 5.34. The van der Waals surface area contributed by atoms with Crippen molar-refractivity contribution < 1.29 is 23.8 Å². The number of rotatable bonds is 7. The third-order valence-corrected chi connectivity index (χ3v) is 7.19. The van der Waals surface area contributed by atoms with E-state index in [2.05, 4.69) is 4.98 Å². The highest BCUT2D eigenvalue weighted by molar-refractivity contribution is 5.85. The highest BCUT2D eigenvalue weighted by atomic mass is 19.1. The van der Waals surface area contributed by atoms with Crippen molar-refractivity contribution in [3.05, 3.63) is 77.7 Å². The molecule has 1 N–H and O–H groups in total. The van der Waals surface area contributed by atoms with Gasteiger partial charge in [-0.25, -0.2) is 14.0 Å². The Morgan fingerprint density at radius 1 is 1.22 bits per heavy atom. The number of benzene rings is 2. The fraction of sp³-hybridized carbons (Fsp3) is 0.414. The maximum Gasteiger partial charge on any atom is 0.329 e. The molecule has 8 heteroatoms. The first kappa shape index (κ1) is 26.5. The summed E-state index contributed by atoms with van der Waals surface area (Å²) in [6, 6.07) is 13.7. The zero-order valence-electron chi connectivity index (χ0n) is 21.7.